The first-order valence-corrected chi connectivity index (χ1v) is 7.42. The molecule has 0 aliphatic heterocycles. The SMILES string of the molecule is CN=C(NCc1ccccc1)NCc1nc(C)c(C)s1.I. The molecule has 0 atom stereocenters. The number of nitrogens with one attached hydrogen (secondary N) is 2. The molecule has 2 N–H and O–H groups in total. The first-order chi connectivity index (χ1) is 9.69. The highest BCUT2D eigenvalue weighted by Gasteiger charge is 2.04. The number of rotatable bonds is 4. The summed E-state index contributed by atoms with van der Waals surface area (Å²) in [7, 11) is 1.78. The van der Waals surface area contributed by atoms with Gasteiger partial charge in [-0.3, -0.25) is 4.99 Å². The molecule has 1 aromatic carbocycles. The van der Waals surface area contributed by atoms with Crippen LogP contribution < -0.4 is 10.6 Å². The van der Waals surface area contributed by atoms with Crippen molar-refractivity contribution in [1.82, 2.24) is 15.6 Å². The molecule has 2 rings (SSSR count). The zero-order valence-corrected chi connectivity index (χ0v) is 15.7. The van der Waals surface area contributed by atoms with E-state index in [1.807, 2.05) is 25.1 Å². The van der Waals surface area contributed by atoms with E-state index in [0.29, 0.717) is 6.54 Å². The van der Waals surface area contributed by atoms with Gasteiger partial charge >= 0.3 is 0 Å². The van der Waals surface area contributed by atoms with Crippen molar-refractivity contribution >= 4 is 41.3 Å². The van der Waals surface area contributed by atoms with Gasteiger partial charge < -0.3 is 10.6 Å². The summed E-state index contributed by atoms with van der Waals surface area (Å²) in [5, 5.41) is 7.66. The highest BCUT2D eigenvalue weighted by Crippen LogP contribution is 2.15. The number of halogens is 1. The number of benzene rings is 1. The van der Waals surface area contributed by atoms with Crippen LogP contribution in [0.3, 0.4) is 0 Å². The number of hydrogen-bond acceptors (Lipinski definition) is 3. The molecular formula is C15H21IN4S. The van der Waals surface area contributed by atoms with Crippen molar-refractivity contribution in [3.8, 4) is 0 Å². The standard InChI is InChI=1S/C15H20N4S.HI/c1-11-12(2)20-14(19-11)10-18-15(16-3)17-9-13-7-5-4-6-8-13;/h4-8H,9-10H2,1-3H3,(H2,16,17,18);1H. The summed E-state index contributed by atoms with van der Waals surface area (Å²) in [6.45, 7) is 5.60. The molecular weight excluding hydrogens is 395 g/mol. The molecule has 0 unspecified atom stereocenters. The lowest BCUT2D eigenvalue weighted by Gasteiger charge is -2.10. The minimum Gasteiger partial charge on any atom is -0.352 e. The lowest BCUT2D eigenvalue weighted by Crippen LogP contribution is -2.36. The number of aromatic nitrogens is 1. The number of nitrogens with zero attached hydrogens (tertiary/aromatic N) is 2. The van der Waals surface area contributed by atoms with E-state index >= 15 is 0 Å². The predicted molar refractivity (Wildman–Crippen MR) is 100 cm³/mol. The lowest BCUT2D eigenvalue weighted by atomic mass is 10.2. The monoisotopic (exact) mass is 416 g/mol. The third-order valence-corrected chi connectivity index (χ3v) is 4.08. The number of aryl methyl sites for hydroxylation is 2. The van der Waals surface area contributed by atoms with Crippen molar-refractivity contribution in [1.29, 1.82) is 0 Å². The molecule has 4 nitrogen and oxygen atoms in total. The third-order valence-electron chi connectivity index (χ3n) is 3.01. The van der Waals surface area contributed by atoms with E-state index in [4.69, 9.17) is 0 Å². The molecule has 0 aliphatic carbocycles. The van der Waals surface area contributed by atoms with E-state index in [-0.39, 0.29) is 24.0 Å². The Bertz CT molecular complexity index is 561. The molecule has 0 radical (unpaired) electrons. The fourth-order valence-corrected chi connectivity index (χ4v) is 2.65. The molecule has 1 aromatic heterocycles. The van der Waals surface area contributed by atoms with Gasteiger partial charge in [-0.15, -0.1) is 35.3 Å². The molecule has 0 amide bonds. The second-order valence-electron chi connectivity index (χ2n) is 4.51. The van der Waals surface area contributed by atoms with Gasteiger partial charge in [-0.25, -0.2) is 4.98 Å². The van der Waals surface area contributed by atoms with Crippen molar-refractivity contribution in [2.75, 3.05) is 7.05 Å². The number of hydrogen-bond donors (Lipinski definition) is 2. The molecule has 0 spiro atoms. The quantitative estimate of drug-likeness (QED) is 0.457. The topological polar surface area (TPSA) is 49.3 Å². The Kier molecular flexibility index (Phi) is 7.66. The van der Waals surface area contributed by atoms with Crippen molar-refractivity contribution < 1.29 is 0 Å². The summed E-state index contributed by atoms with van der Waals surface area (Å²) in [6.07, 6.45) is 0. The Labute approximate surface area is 147 Å². The molecule has 1 heterocycles. The van der Waals surface area contributed by atoms with Crippen molar-refractivity contribution in [2.24, 2.45) is 4.99 Å². The summed E-state index contributed by atoms with van der Waals surface area (Å²) in [5.74, 6) is 0.791. The molecule has 2 aromatic rings. The molecule has 114 valence electrons. The van der Waals surface area contributed by atoms with Gasteiger partial charge in [0.2, 0.25) is 0 Å². The smallest absolute Gasteiger partial charge is 0.191 e. The number of guanidine groups is 1. The highest BCUT2D eigenvalue weighted by molar-refractivity contribution is 14.0. The summed E-state index contributed by atoms with van der Waals surface area (Å²) in [5.41, 5.74) is 2.34. The predicted octanol–water partition coefficient (Wildman–Crippen LogP) is 3.24. The Balaban J connectivity index is 0.00000220. The van der Waals surface area contributed by atoms with Gasteiger partial charge in [-0.05, 0) is 19.4 Å². The van der Waals surface area contributed by atoms with Gasteiger partial charge in [0.05, 0.1) is 12.2 Å². The van der Waals surface area contributed by atoms with Crippen LogP contribution >= 0.6 is 35.3 Å². The minimum absolute atomic E-state index is 0. The van der Waals surface area contributed by atoms with Crippen molar-refractivity contribution in [2.45, 2.75) is 26.9 Å². The largest absolute Gasteiger partial charge is 0.352 e. The Hall–Kier alpha value is -1.15. The second-order valence-corrected chi connectivity index (χ2v) is 5.80. The van der Waals surface area contributed by atoms with E-state index in [0.717, 1.165) is 23.2 Å². The zero-order chi connectivity index (χ0) is 14.4. The maximum atomic E-state index is 4.51. The second kappa shape index (κ2) is 8.99. The van der Waals surface area contributed by atoms with E-state index in [2.05, 4.69) is 39.7 Å². The first-order valence-electron chi connectivity index (χ1n) is 6.60. The molecule has 0 bridgehead atoms. The van der Waals surface area contributed by atoms with Gasteiger partial charge in [0.25, 0.3) is 0 Å². The fraction of sp³-hybridized carbons (Fsp3) is 0.333. The summed E-state index contributed by atoms with van der Waals surface area (Å²) >= 11 is 1.72. The van der Waals surface area contributed by atoms with Crippen LogP contribution in [-0.2, 0) is 13.1 Å². The van der Waals surface area contributed by atoms with Crippen LogP contribution in [-0.4, -0.2) is 18.0 Å². The zero-order valence-electron chi connectivity index (χ0n) is 12.5. The van der Waals surface area contributed by atoms with Crippen LogP contribution in [0.1, 0.15) is 21.1 Å². The van der Waals surface area contributed by atoms with Gasteiger partial charge in [-0.2, -0.15) is 0 Å². The van der Waals surface area contributed by atoms with Crippen LogP contribution in [0, 0.1) is 13.8 Å². The van der Waals surface area contributed by atoms with E-state index in [1.54, 1.807) is 18.4 Å². The molecule has 0 saturated heterocycles. The Morgan fingerprint density at radius 1 is 1.14 bits per heavy atom. The maximum Gasteiger partial charge on any atom is 0.191 e. The van der Waals surface area contributed by atoms with Gasteiger partial charge in [0.1, 0.15) is 5.01 Å². The fourth-order valence-electron chi connectivity index (χ4n) is 1.78. The van der Waals surface area contributed by atoms with Crippen LogP contribution in [0.2, 0.25) is 0 Å². The van der Waals surface area contributed by atoms with Gasteiger partial charge in [0, 0.05) is 18.5 Å². The first kappa shape index (κ1) is 17.9. The van der Waals surface area contributed by atoms with Crippen molar-refractivity contribution in [3.63, 3.8) is 0 Å². The van der Waals surface area contributed by atoms with Crippen LogP contribution in [0.4, 0.5) is 0 Å². The molecule has 0 aliphatic rings. The van der Waals surface area contributed by atoms with Crippen LogP contribution in [0.5, 0.6) is 0 Å². The summed E-state index contributed by atoms with van der Waals surface area (Å²) in [6, 6.07) is 10.3. The third kappa shape index (κ3) is 5.62. The summed E-state index contributed by atoms with van der Waals surface area (Å²) in [4.78, 5) is 10.00. The van der Waals surface area contributed by atoms with Gasteiger partial charge in [-0.1, -0.05) is 30.3 Å². The van der Waals surface area contributed by atoms with Crippen LogP contribution in [0.15, 0.2) is 35.3 Å². The van der Waals surface area contributed by atoms with E-state index < -0.39 is 0 Å². The minimum atomic E-state index is 0. The average molecular weight is 416 g/mol. The average Bonchev–Trinajstić information content (AvgIpc) is 2.79. The summed E-state index contributed by atoms with van der Waals surface area (Å²) < 4.78 is 0. The van der Waals surface area contributed by atoms with E-state index in [9.17, 15) is 0 Å². The highest BCUT2D eigenvalue weighted by atomic mass is 127. The molecule has 21 heavy (non-hydrogen) atoms. The number of thiazole rings is 1. The molecule has 6 heteroatoms. The molecule has 0 fully saturated rings. The normalized spacial score (nSPS) is 10.9. The van der Waals surface area contributed by atoms with Crippen LogP contribution in [0.25, 0.3) is 0 Å². The van der Waals surface area contributed by atoms with Gasteiger partial charge in [0.15, 0.2) is 5.96 Å². The van der Waals surface area contributed by atoms with Crippen molar-refractivity contribution in [3.05, 3.63) is 51.5 Å². The van der Waals surface area contributed by atoms with E-state index in [1.165, 1.54) is 10.4 Å². The Morgan fingerprint density at radius 2 is 1.81 bits per heavy atom. The maximum absolute atomic E-state index is 4.51. The lowest BCUT2D eigenvalue weighted by molar-refractivity contribution is 0.803. The Morgan fingerprint density at radius 3 is 2.38 bits per heavy atom. The number of aliphatic imine (C=N–C) groups is 1. The molecule has 0 saturated carbocycles.